The molecular formula is C17H23NO2. The molecule has 1 saturated carbocycles. The number of hydrogen-bond acceptors (Lipinski definition) is 3. The van der Waals surface area contributed by atoms with Crippen LogP contribution in [0.1, 0.15) is 50.2 Å². The summed E-state index contributed by atoms with van der Waals surface area (Å²) in [6.07, 6.45) is 6.70. The molecule has 1 aliphatic carbocycles. The maximum absolute atomic E-state index is 10.9. The number of fused-ring (bicyclic) bond motifs is 2. The van der Waals surface area contributed by atoms with Gasteiger partial charge < -0.3 is 9.84 Å². The van der Waals surface area contributed by atoms with Gasteiger partial charge in [-0.05, 0) is 31.7 Å². The minimum Gasteiger partial charge on any atom is -0.472 e. The van der Waals surface area contributed by atoms with Gasteiger partial charge in [-0.15, -0.1) is 0 Å². The predicted molar refractivity (Wildman–Crippen MR) is 77.5 cm³/mol. The van der Waals surface area contributed by atoms with Gasteiger partial charge in [0.2, 0.25) is 0 Å². The molecule has 20 heavy (non-hydrogen) atoms. The van der Waals surface area contributed by atoms with Crippen molar-refractivity contribution in [2.24, 2.45) is 5.92 Å². The molecule has 3 nitrogen and oxygen atoms in total. The van der Waals surface area contributed by atoms with E-state index < -0.39 is 0 Å². The van der Waals surface area contributed by atoms with E-state index in [2.05, 4.69) is 4.90 Å². The molecule has 0 unspecified atom stereocenters. The Hall–Kier alpha value is -1.06. The van der Waals surface area contributed by atoms with E-state index in [9.17, 15) is 5.11 Å². The number of benzene rings is 1. The molecule has 0 spiro atoms. The molecule has 1 aromatic rings. The highest BCUT2D eigenvalue weighted by atomic mass is 16.5. The summed E-state index contributed by atoms with van der Waals surface area (Å²) in [5.74, 6) is 1.12. The summed E-state index contributed by atoms with van der Waals surface area (Å²) in [7, 11) is 0. The Bertz CT molecular complexity index is 498. The van der Waals surface area contributed by atoms with Crippen molar-refractivity contribution in [3.05, 3.63) is 29.8 Å². The minimum absolute atomic E-state index is 0.226. The molecule has 2 aliphatic heterocycles. The number of likely N-dealkylation sites (tertiary alicyclic amines) is 1. The standard InChI is InChI=1S/C17H23NO2/c19-16-13-7-1-2-9-15(13)20-17(18-11-5-6-12-18)10-4-3-8-14(16)17/h1-2,7,9,14,16,19H,3-6,8,10-12H2/t14-,16-,17-/m1/s1. The van der Waals surface area contributed by atoms with Crippen LogP contribution in [0, 0.1) is 5.92 Å². The van der Waals surface area contributed by atoms with E-state index in [-0.39, 0.29) is 17.7 Å². The molecule has 0 amide bonds. The van der Waals surface area contributed by atoms with Crippen LogP contribution in [0.3, 0.4) is 0 Å². The van der Waals surface area contributed by atoms with Crippen molar-refractivity contribution in [1.29, 1.82) is 0 Å². The van der Waals surface area contributed by atoms with Crippen LogP contribution >= 0.6 is 0 Å². The summed E-state index contributed by atoms with van der Waals surface area (Å²) >= 11 is 0. The molecule has 0 aromatic heterocycles. The van der Waals surface area contributed by atoms with E-state index in [1.165, 1.54) is 25.7 Å². The van der Waals surface area contributed by atoms with Gasteiger partial charge in [0.1, 0.15) is 5.75 Å². The predicted octanol–water partition coefficient (Wildman–Crippen LogP) is 3.09. The fourth-order valence-corrected chi connectivity index (χ4v) is 4.46. The molecule has 1 aromatic carbocycles. The Morgan fingerprint density at radius 3 is 2.75 bits per heavy atom. The number of hydrogen-bond donors (Lipinski definition) is 1. The van der Waals surface area contributed by atoms with Gasteiger partial charge >= 0.3 is 0 Å². The van der Waals surface area contributed by atoms with E-state index in [0.29, 0.717) is 0 Å². The van der Waals surface area contributed by atoms with Crippen molar-refractivity contribution < 1.29 is 9.84 Å². The van der Waals surface area contributed by atoms with Gasteiger partial charge in [0.15, 0.2) is 5.72 Å². The van der Waals surface area contributed by atoms with Crippen LogP contribution in [-0.2, 0) is 0 Å². The summed E-state index contributed by atoms with van der Waals surface area (Å²) in [5, 5.41) is 10.9. The third-order valence-corrected chi connectivity index (χ3v) is 5.43. The molecule has 1 N–H and O–H groups in total. The topological polar surface area (TPSA) is 32.7 Å². The Morgan fingerprint density at radius 1 is 1.10 bits per heavy atom. The smallest absolute Gasteiger partial charge is 0.169 e. The summed E-state index contributed by atoms with van der Waals surface area (Å²) in [4.78, 5) is 2.51. The fraction of sp³-hybridized carbons (Fsp3) is 0.647. The first kappa shape index (κ1) is 12.7. The fourth-order valence-electron chi connectivity index (χ4n) is 4.46. The highest BCUT2D eigenvalue weighted by Crippen LogP contribution is 2.52. The zero-order chi connectivity index (χ0) is 13.6. The van der Waals surface area contributed by atoms with Crippen molar-refractivity contribution in [1.82, 2.24) is 4.90 Å². The second-order valence-electron chi connectivity index (χ2n) is 6.48. The molecule has 108 valence electrons. The second-order valence-corrected chi connectivity index (χ2v) is 6.48. The van der Waals surface area contributed by atoms with Crippen LogP contribution in [0.2, 0.25) is 0 Å². The van der Waals surface area contributed by atoms with Crippen LogP contribution in [0.15, 0.2) is 24.3 Å². The van der Waals surface area contributed by atoms with Crippen LogP contribution < -0.4 is 4.74 Å². The van der Waals surface area contributed by atoms with E-state index in [4.69, 9.17) is 4.74 Å². The van der Waals surface area contributed by atoms with E-state index in [0.717, 1.165) is 37.2 Å². The van der Waals surface area contributed by atoms with Gasteiger partial charge in [-0.3, -0.25) is 4.90 Å². The SMILES string of the molecule is O[C@@H]1c2ccccc2O[C@]2(N3CCCC3)CCCC[C@H]12. The highest BCUT2D eigenvalue weighted by Gasteiger charge is 2.54. The van der Waals surface area contributed by atoms with Gasteiger partial charge in [0, 0.05) is 31.0 Å². The first-order chi connectivity index (χ1) is 9.81. The highest BCUT2D eigenvalue weighted by molar-refractivity contribution is 5.39. The minimum atomic E-state index is -0.374. The number of para-hydroxylation sites is 1. The Kier molecular flexibility index (Phi) is 3.00. The summed E-state index contributed by atoms with van der Waals surface area (Å²) < 4.78 is 6.54. The van der Waals surface area contributed by atoms with Crippen LogP contribution in [0.5, 0.6) is 5.75 Å². The zero-order valence-electron chi connectivity index (χ0n) is 11.9. The van der Waals surface area contributed by atoms with Crippen molar-refractivity contribution in [2.75, 3.05) is 13.1 Å². The maximum Gasteiger partial charge on any atom is 0.169 e. The third kappa shape index (κ3) is 1.73. The Morgan fingerprint density at radius 2 is 1.90 bits per heavy atom. The Labute approximate surface area is 120 Å². The first-order valence-corrected chi connectivity index (χ1v) is 8.02. The molecule has 4 rings (SSSR count). The number of aliphatic hydroxyl groups excluding tert-OH is 1. The molecule has 3 aliphatic rings. The van der Waals surface area contributed by atoms with E-state index >= 15 is 0 Å². The maximum atomic E-state index is 10.9. The quantitative estimate of drug-likeness (QED) is 0.853. The van der Waals surface area contributed by atoms with E-state index in [1.54, 1.807) is 0 Å². The van der Waals surface area contributed by atoms with Gasteiger partial charge in [-0.25, -0.2) is 0 Å². The average Bonchev–Trinajstić information content (AvgIpc) is 3.02. The van der Waals surface area contributed by atoms with Crippen LogP contribution in [0.4, 0.5) is 0 Å². The monoisotopic (exact) mass is 273 g/mol. The summed E-state index contributed by atoms with van der Waals surface area (Å²) in [5.41, 5.74) is 0.733. The second kappa shape index (κ2) is 4.74. The van der Waals surface area contributed by atoms with Crippen molar-refractivity contribution in [2.45, 2.75) is 50.4 Å². The zero-order valence-corrected chi connectivity index (χ0v) is 11.9. The lowest BCUT2D eigenvalue weighted by Gasteiger charge is -2.53. The molecule has 3 atom stereocenters. The largest absolute Gasteiger partial charge is 0.472 e. The Balaban J connectivity index is 1.79. The molecule has 1 saturated heterocycles. The average molecular weight is 273 g/mol. The summed E-state index contributed by atoms with van der Waals surface area (Å²) in [6, 6.07) is 8.03. The van der Waals surface area contributed by atoms with Crippen molar-refractivity contribution >= 4 is 0 Å². The van der Waals surface area contributed by atoms with Crippen molar-refractivity contribution in [3.63, 3.8) is 0 Å². The van der Waals surface area contributed by atoms with E-state index in [1.807, 2.05) is 24.3 Å². The number of aliphatic hydroxyl groups is 1. The normalized spacial score (nSPS) is 37.0. The van der Waals surface area contributed by atoms with Gasteiger partial charge in [-0.1, -0.05) is 24.6 Å². The lowest BCUT2D eigenvalue weighted by molar-refractivity contribution is -0.184. The van der Waals surface area contributed by atoms with Crippen LogP contribution in [0.25, 0.3) is 0 Å². The molecule has 0 bridgehead atoms. The number of nitrogens with zero attached hydrogens (tertiary/aromatic N) is 1. The lowest BCUT2D eigenvalue weighted by Crippen LogP contribution is -2.61. The van der Waals surface area contributed by atoms with Crippen molar-refractivity contribution in [3.8, 4) is 5.75 Å². The van der Waals surface area contributed by atoms with Crippen LogP contribution in [-0.4, -0.2) is 28.8 Å². The van der Waals surface area contributed by atoms with Gasteiger partial charge in [0.05, 0.1) is 6.10 Å². The molecular weight excluding hydrogens is 250 g/mol. The molecule has 2 fully saturated rings. The molecule has 2 heterocycles. The molecule has 0 radical (unpaired) electrons. The molecule has 3 heteroatoms. The van der Waals surface area contributed by atoms with Gasteiger partial charge in [-0.2, -0.15) is 0 Å². The third-order valence-electron chi connectivity index (χ3n) is 5.43. The number of ether oxygens (including phenoxy) is 1. The van der Waals surface area contributed by atoms with Gasteiger partial charge in [0.25, 0.3) is 0 Å². The number of rotatable bonds is 1. The lowest BCUT2D eigenvalue weighted by atomic mass is 9.73. The first-order valence-electron chi connectivity index (χ1n) is 8.02. The summed E-state index contributed by atoms with van der Waals surface area (Å²) in [6.45, 7) is 2.23.